The first-order chi connectivity index (χ1) is 12.6. The molecule has 0 saturated heterocycles. The van der Waals surface area contributed by atoms with E-state index in [1.54, 1.807) is 37.6 Å². The molecule has 0 atom stereocenters. The van der Waals surface area contributed by atoms with E-state index in [4.69, 9.17) is 18.9 Å². The van der Waals surface area contributed by atoms with Gasteiger partial charge in [-0.05, 0) is 65.4 Å². The fourth-order valence-electron chi connectivity index (χ4n) is 2.39. The van der Waals surface area contributed by atoms with Crippen LogP contribution in [0.3, 0.4) is 0 Å². The van der Waals surface area contributed by atoms with Crippen LogP contribution in [-0.4, -0.2) is 32.6 Å². The number of benzene rings is 2. The second kappa shape index (κ2) is 8.26. The quantitative estimate of drug-likeness (QED) is 0.401. The van der Waals surface area contributed by atoms with Gasteiger partial charge in [0.2, 0.25) is 6.79 Å². The molecule has 8 heteroatoms. The first-order valence-electron chi connectivity index (χ1n) is 7.85. The van der Waals surface area contributed by atoms with E-state index in [1.165, 1.54) is 0 Å². The minimum absolute atomic E-state index is 0.164. The molecule has 1 amide bonds. The zero-order valence-corrected chi connectivity index (χ0v) is 16.4. The Hall–Kier alpha value is -2.49. The number of nitrogens with one attached hydrogen (secondary N) is 1. The van der Waals surface area contributed by atoms with Crippen molar-refractivity contribution in [1.29, 1.82) is 0 Å². The van der Waals surface area contributed by atoms with Gasteiger partial charge in [-0.1, -0.05) is 0 Å². The van der Waals surface area contributed by atoms with Crippen molar-refractivity contribution in [2.45, 2.75) is 6.92 Å². The van der Waals surface area contributed by atoms with Gasteiger partial charge in [0.15, 0.2) is 23.0 Å². The van der Waals surface area contributed by atoms with Gasteiger partial charge in [-0.2, -0.15) is 5.10 Å². The van der Waals surface area contributed by atoms with Crippen LogP contribution < -0.4 is 24.4 Å². The summed E-state index contributed by atoms with van der Waals surface area (Å²) in [5.74, 6) is 2.14. The van der Waals surface area contributed by atoms with E-state index < -0.39 is 0 Å². The Morgan fingerprint density at radius 3 is 2.88 bits per heavy atom. The Kier molecular flexibility index (Phi) is 5.82. The highest BCUT2D eigenvalue weighted by atomic mass is 127. The van der Waals surface area contributed by atoms with Gasteiger partial charge >= 0.3 is 0 Å². The predicted molar refractivity (Wildman–Crippen MR) is 105 cm³/mol. The second-order valence-corrected chi connectivity index (χ2v) is 6.40. The number of nitrogens with zero attached hydrogens (tertiary/aromatic N) is 1. The molecule has 0 fully saturated rings. The number of rotatable bonds is 6. The van der Waals surface area contributed by atoms with Crippen LogP contribution in [0.15, 0.2) is 35.4 Å². The lowest BCUT2D eigenvalue weighted by molar-refractivity contribution is 0.0954. The van der Waals surface area contributed by atoms with Crippen LogP contribution in [-0.2, 0) is 0 Å². The van der Waals surface area contributed by atoms with Crippen molar-refractivity contribution in [3.8, 4) is 23.0 Å². The van der Waals surface area contributed by atoms with Gasteiger partial charge in [0.1, 0.15) is 0 Å². The monoisotopic (exact) mass is 468 g/mol. The molecule has 1 N–H and O–H groups in total. The first kappa shape index (κ1) is 18.3. The third kappa shape index (κ3) is 4.01. The number of fused-ring (bicyclic) bond motifs is 1. The van der Waals surface area contributed by atoms with Crippen LogP contribution in [0.2, 0.25) is 0 Å². The highest BCUT2D eigenvalue weighted by Crippen LogP contribution is 2.34. The molecule has 0 saturated carbocycles. The SMILES string of the molecule is CCOc1cc(C=NNC(=O)c2ccc3c(c2)OCO3)cc(I)c1OC. The summed E-state index contributed by atoms with van der Waals surface area (Å²) in [4.78, 5) is 12.2. The van der Waals surface area contributed by atoms with Crippen molar-refractivity contribution in [2.24, 2.45) is 5.10 Å². The maximum atomic E-state index is 12.2. The number of hydrazone groups is 1. The van der Waals surface area contributed by atoms with E-state index in [1.807, 2.05) is 13.0 Å². The predicted octanol–water partition coefficient (Wildman–Crippen LogP) is 3.19. The van der Waals surface area contributed by atoms with Crippen LogP contribution in [0, 0.1) is 3.57 Å². The summed E-state index contributed by atoms with van der Waals surface area (Å²) in [6, 6.07) is 8.67. The van der Waals surface area contributed by atoms with Crippen molar-refractivity contribution >= 4 is 34.7 Å². The van der Waals surface area contributed by atoms with Gasteiger partial charge < -0.3 is 18.9 Å². The highest BCUT2D eigenvalue weighted by Gasteiger charge is 2.16. The molecule has 0 aromatic heterocycles. The van der Waals surface area contributed by atoms with Gasteiger partial charge in [-0.15, -0.1) is 0 Å². The zero-order valence-electron chi connectivity index (χ0n) is 14.2. The minimum atomic E-state index is -0.340. The number of carbonyl (C=O) groups excluding carboxylic acids is 1. The number of methoxy groups -OCH3 is 1. The maximum absolute atomic E-state index is 12.2. The van der Waals surface area contributed by atoms with E-state index >= 15 is 0 Å². The molecule has 2 aromatic rings. The molecule has 26 heavy (non-hydrogen) atoms. The van der Waals surface area contributed by atoms with Gasteiger partial charge in [-0.3, -0.25) is 4.79 Å². The fourth-order valence-corrected chi connectivity index (χ4v) is 3.24. The lowest BCUT2D eigenvalue weighted by atomic mass is 10.2. The van der Waals surface area contributed by atoms with E-state index in [2.05, 4.69) is 33.1 Å². The minimum Gasteiger partial charge on any atom is -0.492 e. The highest BCUT2D eigenvalue weighted by molar-refractivity contribution is 14.1. The first-order valence-corrected chi connectivity index (χ1v) is 8.93. The van der Waals surface area contributed by atoms with Crippen molar-refractivity contribution < 1.29 is 23.7 Å². The zero-order chi connectivity index (χ0) is 18.5. The maximum Gasteiger partial charge on any atom is 0.271 e. The molecular formula is C18H17IN2O5. The summed E-state index contributed by atoms with van der Waals surface area (Å²) in [5.41, 5.74) is 3.72. The van der Waals surface area contributed by atoms with Crippen molar-refractivity contribution in [2.75, 3.05) is 20.5 Å². The molecule has 0 aliphatic carbocycles. The van der Waals surface area contributed by atoms with Crippen LogP contribution >= 0.6 is 22.6 Å². The molecule has 0 spiro atoms. The van der Waals surface area contributed by atoms with E-state index in [-0.39, 0.29) is 12.7 Å². The molecule has 1 aliphatic rings. The van der Waals surface area contributed by atoms with Gasteiger partial charge in [-0.25, -0.2) is 5.43 Å². The molecule has 1 heterocycles. The molecule has 0 unspecified atom stereocenters. The largest absolute Gasteiger partial charge is 0.492 e. The Labute approximate surface area is 164 Å². The summed E-state index contributed by atoms with van der Waals surface area (Å²) in [6.45, 7) is 2.59. The molecular weight excluding hydrogens is 451 g/mol. The van der Waals surface area contributed by atoms with Crippen molar-refractivity contribution in [3.63, 3.8) is 0 Å². The number of amides is 1. The van der Waals surface area contributed by atoms with Crippen molar-refractivity contribution in [1.82, 2.24) is 5.43 Å². The number of carbonyl (C=O) groups is 1. The van der Waals surface area contributed by atoms with Crippen LogP contribution in [0.5, 0.6) is 23.0 Å². The number of hydrogen-bond donors (Lipinski definition) is 1. The second-order valence-electron chi connectivity index (χ2n) is 5.23. The lowest BCUT2D eigenvalue weighted by Gasteiger charge is -2.11. The third-order valence-electron chi connectivity index (χ3n) is 3.55. The average Bonchev–Trinajstić information content (AvgIpc) is 3.09. The summed E-state index contributed by atoms with van der Waals surface area (Å²) < 4.78 is 22.3. The van der Waals surface area contributed by atoms with Gasteiger partial charge in [0.25, 0.3) is 5.91 Å². The number of hydrogen-bond acceptors (Lipinski definition) is 6. The Bertz CT molecular complexity index is 854. The summed E-state index contributed by atoms with van der Waals surface area (Å²) in [6.07, 6.45) is 1.55. The summed E-state index contributed by atoms with van der Waals surface area (Å²) >= 11 is 2.16. The van der Waals surface area contributed by atoms with Crippen LogP contribution in [0.1, 0.15) is 22.8 Å². The Balaban J connectivity index is 1.71. The smallest absolute Gasteiger partial charge is 0.271 e. The molecule has 0 bridgehead atoms. The summed E-state index contributed by atoms with van der Waals surface area (Å²) in [7, 11) is 1.60. The Morgan fingerprint density at radius 1 is 1.31 bits per heavy atom. The number of ether oxygens (including phenoxy) is 4. The van der Waals surface area contributed by atoms with Crippen molar-refractivity contribution in [3.05, 3.63) is 45.0 Å². The van der Waals surface area contributed by atoms with Crippen LogP contribution in [0.25, 0.3) is 0 Å². The van der Waals surface area contributed by atoms with E-state index in [9.17, 15) is 4.79 Å². The molecule has 136 valence electrons. The lowest BCUT2D eigenvalue weighted by Crippen LogP contribution is -2.17. The van der Waals surface area contributed by atoms with E-state index in [0.29, 0.717) is 35.2 Å². The molecule has 0 radical (unpaired) electrons. The standard InChI is InChI=1S/C18H17IN2O5/c1-3-24-16-7-11(6-13(19)17(16)23-2)9-20-21-18(22)12-4-5-14-15(8-12)26-10-25-14/h4-9H,3,10H2,1-2H3,(H,21,22). The summed E-state index contributed by atoms with van der Waals surface area (Å²) in [5, 5.41) is 4.01. The molecule has 3 rings (SSSR count). The average molecular weight is 468 g/mol. The van der Waals surface area contributed by atoms with E-state index in [0.717, 1.165) is 9.13 Å². The molecule has 7 nitrogen and oxygen atoms in total. The molecule has 2 aromatic carbocycles. The topological polar surface area (TPSA) is 78.4 Å². The number of halogens is 1. The Morgan fingerprint density at radius 2 is 2.12 bits per heavy atom. The normalized spacial score (nSPS) is 12.3. The third-order valence-corrected chi connectivity index (χ3v) is 4.35. The van der Waals surface area contributed by atoms with Gasteiger partial charge in [0, 0.05) is 5.56 Å². The fraction of sp³-hybridized carbons (Fsp3) is 0.222. The molecule has 1 aliphatic heterocycles. The van der Waals surface area contributed by atoms with Crippen LogP contribution in [0.4, 0.5) is 0 Å². The van der Waals surface area contributed by atoms with Gasteiger partial charge in [0.05, 0.1) is 23.5 Å².